The Labute approximate surface area is 249 Å². The lowest BCUT2D eigenvalue weighted by atomic mass is 9.64. The first-order valence-electron chi connectivity index (χ1n) is 15.1. The Morgan fingerprint density at radius 3 is 2.26 bits per heavy atom. The van der Waals surface area contributed by atoms with Gasteiger partial charge in [-0.1, -0.05) is 124 Å². The summed E-state index contributed by atoms with van der Waals surface area (Å²) in [5.41, 5.74) is 2.92. The van der Waals surface area contributed by atoms with Crippen LogP contribution < -0.4 is 5.32 Å². The number of benzene rings is 4. The summed E-state index contributed by atoms with van der Waals surface area (Å²) in [5, 5.41) is 5.31. The van der Waals surface area contributed by atoms with E-state index in [-0.39, 0.29) is 29.0 Å². The van der Waals surface area contributed by atoms with Crippen LogP contribution in [0.25, 0.3) is 10.8 Å². The normalized spacial score (nSPS) is 19.3. The van der Waals surface area contributed by atoms with Crippen molar-refractivity contribution in [2.75, 3.05) is 0 Å². The largest absolute Gasteiger partial charge is 0.457 e. The maximum Gasteiger partial charge on any atom is 0.354 e. The molecule has 0 aliphatic heterocycles. The number of carbonyl (C=O) groups excluding carboxylic acids is 2. The lowest BCUT2D eigenvalue weighted by Gasteiger charge is -2.44. The molecule has 1 amide bonds. The molecule has 42 heavy (non-hydrogen) atoms. The Balaban J connectivity index is 1.38. The van der Waals surface area contributed by atoms with Gasteiger partial charge in [-0.05, 0) is 71.0 Å². The maximum absolute atomic E-state index is 13.8. The average Bonchev–Trinajstić information content (AvgIpc) is 3.01. The van der Waals surface area contributed by atoms with E-state index in [0.717, 1.165) is 25.7 Å². The summed E-state index contributed by atoms with van der Waals surface area (Å²) in [6, 6.07) is 34.2. The van der Waals surface area contributed by atoms with Gasteiger partial charge in [0, 0.05) is 11.5 Å². The van der Waals surface area contributed by atoms with Crippen molar-refractivity contribution in [1.82, 2.24) is 5.32 Å². The molecule has 0 unspecified atom stereocenters. The number of ether oxygens (including phenoxy) is 1. The molecule has 1 fully saturated rings. The van der Waals surface area contributed by atoms with Crippen molar-refractivity contribution in [1.29, 1.82) is 0 Å². The monoisotopic (exact) mass is 559 g/mol. The molecule has 4 heteroatoms. The van der Waals surface area contributed by atoms with Gasteiger partial charge in [-0.25, -0.2) is 4.79 Å². The van der Waals surface area contributed by atoms with Gasteiger partial charge in [0.2, 0.25) is 0 Å². The first-order valence-corrected chi connectivity index (χ1v) is 15.1. The number of carbonyl (C=O) groups is 2. The van der Waals surface area contributed by atoms with Crippen LogP contribution >= 0.6 is 0 Å². The van der Waals surface area contributed by atoms with E-state index in [2.05, 4.69) is 80.7 Å². The fourth-order valence-electron chi connectivity index (χ4n) is 6.29. The molecule has 0 saturated heterocycles. The van der Waals surface area contributed by atoms with E-state index >= 15 is 0 Å². The number of nitrogens with one attached hydrogen (secondary N) is 1. The topological polar surface area (TPSA) is 55.4 Å². The van der Waals surface area contributed by atoms with Crippen molar-refractivity contribution in [3.63, 3.8) is 0 Å². The number of rotatable bonds is 9. The Bertz CT molecular complexity index is 1540. The number of aryl methyl sites for hydroxylation is 1. The number of allylic oxidation sites excluding steroid dienone is 1. The fourth-order valence-corrected chi connectivity index (χ4v) is 6.29. The molecule has 0 aromatic heterocycles. The molecule has 0 bridgehead atoms. The summed E-state index contributed by atoms with van der Waals surface area (Å²) < 4.78 is 6.35. The molecule has 4 nitrogen and oxygen atoms in total. The first-order chi connectivity index (χ1) is 20.3. The molecule has 4 aromatic rings. The maximum atomic E-state index is 13.8. The van der Waals surface area contributed by atoms with Crippen LogP contribution in [0.3, 0.4) is 0 Å². The Kier molecular flexibility index (Phi) is 9.22. The van der Waals surface area contributed by atoms with Crippen LogP contribution in [0, 0.1) is 11.8 Å². The Morgan fingerprint density at radius 2 is 1.52 bits per heavy atom. The fraction of sp³-hybridized carbons (Fsp3) is 0.316. The highest BCUT2D eigenvalue weighted by Gasteiger charge is 2.42. The van der Waals surface area contributed by atoms with Crippen molar-refractivity contribution in [3.8, 4) is 0 Å². The number of amides is 1. The smallest absolute Gasteiger partial charge is 0.354 e. The summed E-state index contributed by atoms with van der Waals surface area (Å²) in [6.07, 6.45) is 5.80. The van der Waals surface area contributed by atoms with E-state index in [4.69, 9.17) is 4.74 Å². The molecule has 0 heterocycles. The lowest BCUT2D eigenvalue weighted by Crippen LogP contribution is -2.44. The summed E-state index contributed by atoms with van der Waals surface area (Å²) in [5.74, 6) is -0.181. The zero-order valence-electron chi connectivity index (χ0n) is 24.9. The summed E-state index contributed by atoms with van der Waals surface area (Å²) in [7, 11) is 0. The summed E-state index contributed by atoms with van der Waals surface area (Å²) in [6.45, 7) is 6.77. The third-order valence-corrected chi connectivity index (χ3v) is 8.86. The second kappa shape index (κ2) is 13.2. The Hall–Kier alpha value is -4.18. The van der Waals surface area contributed by atoms with Gasteiger partial charge in [-0.2, -0.15) is 0 Å². The van der Waals surface area contributed by atoms with Crippen molar-refractivity contribution in [2.24, 2.45) is 11.8 Å². The third-order valence-electron chi connectivity index (χ3n) is 8.86. The van der Waals surface area contributed by atoms with Crippen molar-refractivity contribution >= 4 is 22.6 Å². The average molecular weight is 560 g/mol. The van der Waals surface area contributed by atoms with Crippen LogP contribution in [-0.2, 0) is 21.4 Å². The van der Waals surface area contributed by atoms with Gasteiger partial charge in [-0.15, -0.1) is 0 Å². The number of hydrogen-bond acceptors (Lipinski definition) is 3. The zero-order chi connectivity index (χ0) is 29.5. The third kappa shape index (κ3) is 6.99. The zero-order valence-corrected chi connectivity index (χ0v) is 24.9. The van der Waals surface area contributed by atoms with Crippen LogP contribution in [0.4, 0.5) is 0 Å². The van der Waals surface area contributed by atoms with Crippen molar-refractivity contribution < 1.29 is 14.3 Å². The molecule has 1 aliphatic rings. The first kappa shape index (κ1) is 29.3. The van der Waals surface area contributed by atoms with E-state index in [1.165, 1.54) is 21.9 Å². The van der Waals surface area contributed by atoms with E-state index in [0.29, 0.717) is 17.9 Å². The van der Waals surface area contributed by atoms with Gasteiger partial charge in [-0.3, -0.25) is 4.79 Å². The van der Waals surface area contributed by atoms with Crippen LogP contribution in [0.1, 0.15) is 67.9 Å². The molecular weight excluding hydrogens is 518 g/mol. The number of esters is 1. The van der Waals surface area contributed by atoms with E-state index in [9.17, 15) is 9.59 Å². The van der Waals surface area contributed by atoms with Gasteiger partial charge in [0.25, 0.3) is 5.91 Å². The highest BCUT2D eigenvalue weighted by Crippen LogP contribution is 2.44. The molecule has 1 N–H and O–H groups in total. The molecule has 4 aromatic carbocycles. The predicted octanol–water partition coefficient (Wildman–Crippen LogP) is 8.41. The van der Waals surface area contributed by atoms with Gasteiger partial charge in [0.15, 0.2) is 0 Å². The predicted molar refractivity (Wildman–Crippen MR) is 170 cm³/mol. The molecule has 3 atom stereocenters. The second-order valence-corrected chi connectivity index (χ2v) is 12.2. The summed E-state index contributed by atoms with van der Waals surface area (Å²) >= 11 is 0. The molecule has 0 spiro atoms. The van der Waals surface area contributed by atoms with Crippen LogP contribution in [0.15, 0.2) is 115 Å². The standard InChI is InChI=1S/C38H41NO3/c1-27-21-24-33(38(2,3)32-23-22-29-16-10-11-19-31(29)26-32)35(25-27)42-37(41)34(20-12-15-28-13-6-4-7-14-28)39-36(40)30-17-8-5-9-18-30/h4-11,13-14,16-20,22-23,26-27,33,35H,12,15,21,24-25H2,1-3H3,(H,39,40)/b34-20-/t27-,33-,35-/m1/s1. The molecule has 5 rings (SSSR count). The van der Waals surface area contributed by atoms with E-state index in [1.54, 1.807) is 12.1 Å². The number of fused-ring (bicyclic) bond motifs is 1. The van der Waals surface area contributed by atoms with Crippen LogP contribution in [-0.4, -0.2) is 18.0 Å². The van der Waals surface area contributed by atoms with Crippen LogP contribution in [0.2, 0.25) is 0 Å². The number of hydrogen-bond donors (Lipinski definition) is 1. The highest BCUT2D eigenvalue weighted by atomic mass is 16.5. The molecule has 1 aliphatic carbocycles. The van der Waals surface area contributed by atoms with E-state index in [1.807, 2.05) is 42.5 Å². The lowest BCUT2D eigenvalue weighted by molar-refractivity contribution is -0.152. The minimum Gasteiger partial charge on any atom is -0.457 e. The van der Waals surface area contributed by atoms with Gasteiger partial charge >= 0.3 is 5.97 Å². The van der Waals surface area contributed by atoms with Gasteiger partial charge < -0.3 is 10.1 Å². The SMILES string of the molecule is C[C@@H]1CC[C@@H](C(C)(C)c2ccc3ccccc3c2)[C@H](OC(=O)/C(=C/CCc2ccccc2)NC(=O)c2ccccc2)C1. The minimum absolute atomic E-state index is 0.147. The van der Waals surface area contributed by atoms with Crippen molar-refractivity contribution in [3.05, 3.63) is 132 Å². The van der Waals surface area contributed by atoms with Gasteiger partial charge in [0.1, 0.15) is 11.8 Å². The molecule has 0 radical (unpaired) electrons. The van der Waals surface area contributed by atoms with Gasteiger partial charge in [0.05, 0.1) is 0 Å². The Morgan fingerprint density at radius 1 is 0.857 bits per heavy atom. The molecule has 216 valence electrons. The van der Waals surface area contributed by atoms with Crippen LogP contribution in [0.5, 0.6) is 0 Å². The highest BCUT2D eigenvalue weighted by molar-refractivity contribution is 6.01. The van der Waals surface area contributed by atoms with Crippen molar-refractivity contribution in [2.45, 2.75) is 64.4 Å². The second-order valence-electron chi connectivity index (χ2n) is 12.2. The quantitative estimate of drug-likeness (QED) is 0.165. The molecule has 1 saturated carbocycles. The summed E-state index contributed by atoms with van der Waals surface area (Å²) in [4.78, 5) is 26.9. The molecular formula is C38H41NO3. The minimum atomic E-state index is -0.467. The van der Waals surface area contributed by atoms with E-state index < -0.39 is 5.97 Å².